The number of aliphatic carboxylic acids is 1. The number of hydrogen-bond donors (Lipinski definition) is 3. The number of rotatable bonds is 8. The summed E-state index contributed by atoms with van der Waals surface area (Å²) in [5, 5.41) is 15.2. The van der Waals surface area contributed by atoms with Crippen molar-refractivity contribution >= 4 is 18.0 Å². The van der Waals surface area contributed by atoms with Crippen LogP contribution in [-0.2, 0) is 14.3 Å². The molecule has 7 heteroatoms. The second-order valence-electron chi connectivity index (χ2n) is 9.79. The van der Waals surface area contributed by atoms with Crippen molar-refractivity contribution in [2.24, 2.45) is 5.92 Å². The maximum Gasteiger partial charge on any atom is 0.407 e. The van der Waals surface area contributed by atoms with Crippen LogP contribution in [0, 0.1) is 5.92 Å². The number of carboxylic acid groups (broad SMARTS) is 1. The van der Waals surface area contributed by atoms with E-state index in [0.717, 1.165) is 47.9 Å². The molecule has 5 rings (SSSR count). The van der Waals surface area contributed by atoms with Crippen molar-refractivity contribution in [2.45, 2.75) is 62.4 Å². The summed E-state index contributed by atoms with van der Waals surface area (Å²) in [7, 11) is 0. The van der Waals surface area contributed by atoms with Gasteiger partial charge in [0.05, 0.1) is 0 Å². The first-order valence-electron chi connectivity index (χ1n) is 12.1. The zero-order valence-corrected chi connectivity index (χ0v) is 19.1. The number of nitrogens with one attached hydrogen (secondary N) is 2. The van der Waals surface area contributed by atoms with Crippen LogP contribution in [0.5, 0.6) is 0 Å². The molecule has 2 aromatic carbocycles. The van der Waals surface area contributed by atoms with Gasteiger partial charge in [0.15, 0.2) is 0 Å². The van der Waals surface area contributed by atoms with Crippen molar-refractivity contribution < 1.29 is 24.2 Å². The minimum absolute atomic E-state index is 0.0670. The third-order valence-corrected chi connectivity index (χ3v) is 7.45. The SMILES string of the molecule is O=C(N[C@@H](CC1CC1)C(=O)NC1(C(=O)O)CCCC1)OCC1c2ccccc2-c2ccccc21. The Morgan fingerprint density at radius 3 is 2.12 bits per heavy atom. The number of carboxylic acids is 1. The number of fused-ring (bicyclic) bond motifs is 3. The summed E-state index contributed by atoms with van der Waals surface area (Å²) < 4.78 is 5.62. The lowest BCUT2D eigenvalue weighted by Crippen LogP contribution is -2.58. The molecule has 3 aliphatic rings. The molecule has 178 valence electrons. The lowest BCUT2D eigenvalue weighted by Gasteiger charge is -2.28. The third kappa shape index (κ3) is 4.39. The molecule has 0 unspecified atom stereocenters. The summed E-state index contributed by atoms with van der Waals surface area (Å²) in [6.07, 6.45) is 4.22. The molecule has 3 N–H and O–H groups in total. The standard InChI is InChI=1S/C27H30N2O5/c30-24(29-27(25(31)32)13-5-6-14-27)23(15-17-11-12-17)28-26(33)34-16-22-20-9-3-1-7-18(20)19-8-2-4-10-21(19)22/h1-4,7-10,17,22-23H,5-6,11-16H2,(H,28,33)(H,29,30)(H,31,32)/t23-/m0/s1. The normalized spacial score (nSPS) is 19.1. The molecule has 2 aromatic rings. The Morgan fingerprint density at radius 2 is 1.56 bits per heavy atom. The Bertz CT molecular complexity index is 1060. The molecule has 34 heavy (non-hydrogen) atoms. The fourth-order valence-electron chi connectivity index (χ4n) is 5.39. The Hall–Kier alpha value is -3.35. The average Bonchev–Trinajstić information content (AvgIpc) is 3.42. The zero-order chi connectivity index (χ0) is 23.7. The number of carbonyl (C=O) groups excluding carboxylic acids is 2. The largest absolute Gasteiger partial charge is 0.480 e. The number of benzene rings is 2. The minimum Gasteiger partial charge on any atom is -0.480 e. The quantitative estimate of drug-likeness (QED) is 0.545. The Kier molecular flexibility index (Phi) is 6.02. The van der Waals surface area contributed by atoms with Crippen LogP contribution in [0.2, 0.25) is 0 Å². The second-order valence-corrected chi connectivity index (χ2v) is 9.79. The lowest BCUT2D eigenvalue weighted by atomic mass is 9.96. The highest BCUT2D eigenvalue weighted by Gasteiger charge is 2.44. The van der Waals surface area contributed by atoms with Gasteiger partial charge in [-0.1, -0.05) is 74.2 Å². The van der Waals surface area contributed by atoms with Gasteiger partial charge in [0.2, 0.25) is 5.91 Å². The molecule has 0 bridgehead atoms. The molecular formula is C27H30N2O5. The maximum atomic E-state index is 13.1. The number of hydrogen-bond acceptors (Lipinski definition) is 4. The van der Waals surface area contributed by atoms with Crippen molar-refractivity contribution in [3.8, 4) is 11.1 Å². The first-order valence-corrected chi connectivity index (χ1v) is 12.1. The van der Waals surface area contributed by atoms with Gasteiger partial charge in [-0.15, -0.1) is 0 Å². The molecular weight excluding hydrogens is 432 g/mol. The Balaban J connectivity index is 1.25. The summed E-state index contributed by atoms with van der Waals surface area (Å²) in [6, 6.07) is 15.4. The second kappa shape index (κ2) is 9.12. The molecule has 3 aliphatic carbocycles. The Morgan fingerprint density at radius 1 is 0.971 bits per heavy atom. The van der Waals surface area contributed by atoms with Crippen LogP contribution in [0.25, 0.3) is 11.1 Å². The smallest absolute Gasteiger partial charge is 0.407 e. The summed E-state index contributed by atoms with van der Waals surface area (Å²) in [5.74, 6) is -1.15. The minimum atomic E-state index is -1.23. The highest BCUT2D eigenvalue weighted by atomic mass is 16.5. The third-order valence-electron chi connectivity index (χ3n) is 7.45. The molecule has 0 aliphatic heterocycles. The van der Waals surface area contributed by atoms with Gasteiger partial charge in [0.1, 0.15) is 18.2 Å². The summed E-state index contributed by atoms with van der Waals surface area (Å²) >= 11 is 0. The van der Waals surface area contributed by atoms with Gasteiger partial charge >= 0.3 is 12.1 Å². The van der Waals surface area contributed by atoms with E-state index in [4.69, 9.17) is 4.74 Å². The van der Waals surface area contributed by atoms with Crippen LogP contribution in [0.4, 0.5) is 4.79 Å². The van der Waals surface area contributed by atoms with Gasteiger partial charge in [0.25, 0.3) is 0 Å². The summed E-state index contributed by atoms with van der Waals surface area (Å²) in [4.78, 5) is 37.7. The van der Waals surface area contributed by atoms with Gasteiger partial charge in [-0.2, -0.15) is 0 Å². The molecule has 0 aromatic heterocycles. The monoisotopic (exact) mass is 462 g/mol. The van der Waals surface area contributed by atoms with Crippen molar-refractivity contribution in [3.63, 3.8) is 0 Å². The van der Waals surface area contributed by atoms with Crippen LogP contribution >= 0.6 is 0 Å². The number of amides is 2. The van der Waals surface area contributed by atoms with Gasteiger partial charge in [-0.3, -0.25) is 4.79 Å². The highest BCUT2D eigenvalue weighted by Crippen LogP contribution is 2.44. The van der Waals surface area contributed by atoms with E-state index in [1.807, 2.05) is 24.3 Å². The van der Waals surface area contributed by atoms with Crippen LogP contribution < -0.4 is 10.6 Å². The van der Waals surface area contributed by atoms with E-state index in [1.165, 1.54) is 0 Å². The van der Waals surface area contributed by atoms with Gasteiger partial charge < -0.3 is 20.5 Å². The fourth-order valence-corrected chi connectivity index (χ4v) is 5.39. The van der Waals surface area contributed by atoms with Crippen LogP contribution in [-0.4, -0.2) is 41.3 Å². The number of carbonyl (C=O) groups is 3. The van der Waals surface area contributed by atoms with E-state index >= 15 is 0 Å². The van der Waals surface area contributed by atoms with Crippen molar-refractivity contribution in [3.05, 3.63) is 59.7 Å². The van der Waals surface area contributed by atoms with Crippen LogP contribution in [0.15, 0.2) is 48.5 Å². The zero-order valence-electron chi connectivity index (χ0n) is 19.1. The Labute approximate surface area is 198 Å². The molecule has 2 amide bonds. The van der Waals surface area contributed by atoms with E-state index in [-0.39, 0.29) is 12.5 Å². The first kappa shape index (κ1) is 22.4. The molecule has 0 spiro atoms. The number of alkyl carbamates (subject to hydrolysis) is 1. The molecule has 2 fully saturated rings. The van der Waals surface area contributed by atoms with Gasteiger partial charge in [-0.05, 0) is 47.4 Å². The predicted octanol–water partition coefficient (Wildman–Crippen LogP) is 4.21. The molecule has 1 atom stereocenters. The first-order chi connectivity index (χ1) is 16.5. The molecule has 7 nitrogen and oxygen atoms in total. The van der Waals surface area contributed by atoms with E-state index in [9.17, 15) is 19.5 Å². The van der Waals surface area contributed by atoms with E-state index in [1.54, 1.807) is 0 Å². The fraction of sp³-hybridized carbons (Fsp3) is 0.444. The lowest BCUT2D eigenvalue weighted by molar-refractivity contribution is -0.147. The molecule has 0 radical (unpaired) electrons. The maximum absolute atomic E-state index is 13.1. The predicted molar refractivity (Wildman–Crippen MR) is 126 cm³/mol. The van der Waals surface area contributed by atoms with Crippen molar-refractivity contribution in [1.82, 2.24) is 10.6 Å². The topological polar surface area (TPSA) is 105 Å². The van der Waals surface area contributed by atoms with Crippen molar-refractivity contribution in [2.75, 3.05) is 6.61 Å². The van der Waals surface area contributed by atoms with Crippen LogP contribution in [0.1, 0.15) is 62.0 Å². The number of ether oxygens (including phenoxy) is 1. The van der Waals surface area contributed by atoms with Gasteiger partial charge in [-0.25, -0.2) is 9.59 Å². The van der Waals surface area contributed by atoms with E-state index in [0.29, 0.717) is 25.2 Å². The molecule has 0 heterocycles. The van der Waals surface area contributed by atoms with E-state index in [2.05, 4.69) is 34.9 Å². The van der Waals surface area contributed by atoms with Crippen LogP contribution in [0.3, 0.4) is 0 Å². The average molecular weight is 463 g/mol. The van der Waals surface area contributed by atoms with Crippen molar-refractivity contribution in [1.29, 1.82) is 0 Å². The summed E-state index contributed by atoms with van der Waals surface area (Å²) in [5.41, 5.74) is 3.30. The van der Waals surface area contributed by atoms with E-state index < -0.39 is 29.6 Å². The van der Waals surface area contributed by atoms with Gasteiger partial charge in [0, 0.05) is 5.92 Å². The molecule has 2 saturated carbocycles. The highest BCUT2D eigenvalue weighted by molar-refractivity contribution is 5.91. The summed E-state index contributed by atoms with van der Waals surface area (Å²) in [6.45, 7) is 0.163. The molecule has 0 saturated heterocycles.